The van der Waals surface area contributed by atoms with E-state index >= 15 is 0 Å². The number of ether oxygens (including phenoxy) is 1. The lowest BCUT2D eigenvalue weighted by Crippen LogP contribution is -2.82. The fourth-order valence-corrected chi connectivity index (χ4v) is 3.93. The molecule has 0 radical (unpaired) electrons. The van der Waals surface area contributed by atoms with E-state index in [0.717, 1.165) is 27.9 Å². The van der Waals surface area contributed by atoms with Gasteiger partial charge in [-0.25, -0.2) is 4.98 Å². The van der Waals surface area contributed by atoms with Gasteiger partial charge in [0.05, 0.1) is 17.7 Å². The van der Waals surface area contributed by atoms with Crippen molar-refractivity contribution in [1.82, 2.24) is 9.88 Å². The number of pyridine rings is 1. The van der Waals surface area contributed by atoms with Crippen LogP contribution in [0.25, 0.3) is 0 Å². The third kappa shape index (κ3) is 4.73. The van der Waals surface area contributed by atoms with Crippen LogP contribution in [-0.2, 0) is 4.79 Å². The molecule has 1 fully saturated rings. The van der Waals surface area contributed by atoms with Gasteiger partial charge in [0.1, 0.15) is 5.75 Å². The Hall–Kier alpha value is -1.91. The molecule has 1 aromatic heterocycles. The SMILES string of the molecule is COc1cc(N2CCN(C(=O)C[NH2+]c3nccc(I)c3C=N)CC2)ccc1Cl. The molecule has 2 aromatic rings. The highest BCUT2D eigenvalue weighted by Crippen LogP contribution is 2.29. The Morgan fingerprint density at radius 2 is 2.11 bits per heavy atom. The first-order chi connectivity index (χ1) is 13.5. The van der Waals surface area contributed by atoms with E-state index in [2.05, 4.69) is 32.5 Å². The minimum atomic E-state index is 0.0740. The highest BCUT2D eigenvalue weighted by atomic mass is 127. The summed E-state index contributed by atoms with van der Waals surface area (Å²) in [6.07, 6.45) is 2.98. The number of rotatable bonds is 6. The predicted molar refractivity (Wildman–Crippen MR) is 118 cm³/mol. The normalized spacial score (nSPS) is 14.1. The molecule has 9 heteroatoms. The van der Waals surface area contributed by atoms with Crippen LogP contribution in [0.3, 0.4) is 0 Å². The summed E-state index contributed by atoms with van der Waals surface area (Å²) in [6.45, 7) is 3.11. The molecule has 3 rings (SSSR count). The highest BCUT2D eigenvalue weighted by Gasteiger charge is 2.23. The van der Waals surface area contributed by atoms with Gasteiger partial charge in [-0.05, 0) is 40.8 Å². The van der Waals surface area contributed by atoms with Crippen LogP contribution in [0.15, 0.2) is 30.5 Å². The lowest BCUT2D eigenvalue weighted by Gasteiger charge is -2.36. The number of amides is 1. The zero-order valence-corrected chi connectivity index (χ0v) is 18.4. The molecule has 0 aliphatic carbocycles. The molecule has 1 aliphatic rings. The van der Waals surface area contributed by atoms with E-state index in [9.17, 15) is 4.79 Å². The maximum Gasteiger partial charge on any atom is 0.278 e. The molecule has 0 saturated carbocycles. The van der Waals surface area contributed by atoms with E-state index in [-0.39, 0.29) is 12.5 Å². The molecule has 1 aromatic carbocycles. The van der Waals surface area contributed by atoms with Crippen molar-refractivity contribution in [2.24, 2.45) is 0 Å². The van der Waals surface area contributed by atoms with E-state index in [4.69, 9.17) is 21.7 Å². The average molecular weight is 515 g/mol. The molecular weight excluding hydrogens is 493 g/mol. The second-order valence-corrected chi connectivity index (χ2v) is 7.90. The summed E-state index contributed by atoms with van der Waals surface area (Å²) in [6, 6.07) is 7.58. The Balaban J connectivity index is 1.56. The zero-order valence-electron chi connectivity index (χ0n) is 15.5. The number of piperazine rings is 1. The Labute approximate surface area is 182 Å². The van der Waals surface area contributed by atoms with Crippen molar-refractivity contribution in [2.75, 3.05) is 44.7 Å². The number of carbonyl (C=O) groups excluding carboxylic acids is 1. The third-order valence-corrected chi connectivity index (χ3v) is 5.97. The van der Waals surface area contributed by atoms with Gasteiger partial charge < -0.3 is 19.9 Å². The molecule has 1 saturated heterocycles. The Bertz CT molecular complexity index is 871. The van der Waals surface area contributed by atoms with E-state index in [0.29, 0.717) is 29.7 Å². The van der Waals surface area contributed by atoms with Crippen LogP contribution >= 0.6 is 34.2 Å². The summed E-state index contributed by atoms with van der Waals surface area (Å²) in [4.78, 5) is 21.0. The Kier molecular flexibility index (Phi) is 7.08. The van der Waals surface area contributed by atoms with Gasteiger partial charge in [0.25, 0.3) is 5.91 Å². The fraction of sp³-hybridized carbons (Fsp3) is 0.316. The number of halogens is 2. The molecule has 3 N–H and O–H groups in total. The molecule has 2 heterocycles. The van der Waals surface area contributed by atoms with Gasteiger partial charge in [-0.15, -0.1) is 0 Å². The predicted octanol–water partition coefficient (Wildman–Crippen LogP) is 1.89. The van der Waals surface area contributed by atoms with Crippen molar-refractivity contribution in [3.63, 3.8) is 0 Å². The second kappa shape index (κ2) is 9.53. The number of hydrogen-bond donors (Lipinski definition) is 2. The van der Waals surface area contributed by atoms with Crippen LogP contribution in [0.4, 0.5) is 11.5 Å². The van der Waals surface area contributed by atoms with Crippen molar-refractivity contribution in [2.45, 2.75) is 0 Å². The van der Waals surface area contributed by atoms with Crippen LogP contribution in [0.1, 0.15) is 5.56 Å². The van der Waals surface area contributed by atoms with E-state index < -0.39 is 0 Å². The van der Waals surface area contributed by atoms with Gasteiger partial charge in [-0.2, -0.15) is 0 Å². The van der Waals surface area contributed by atoms with E-state index in [1.54, 1.807) is 18.6 Å². The second-order valence-electron chi connectivity index (χ2n) is 6.33. The molecule has 0 bridgehead atoms. The Morgan fingerprint density at radius 3 is 2.79 bits per heavy atom. The van der Waals surface area contributed by atoms with E-state index in [1.165, 1.54) is 6.21 Å². The number of aromatic nitrogens is 1. The quantitative estimate of drug-likeness (QED) is 0.455. The van der Waals surface area contributed by atoms with Gasteiger partial charge in [-0.1, -0.05) is 11.6 Å². The average Bonchev–Trinajstić information content (AvgIpc) is 2.72. The summed E-state index contributed by atoms with van der Waals surface area (Å²) in [5, 5.41) is 9.94. The molecule has 1 aliphatic heterocycles. The van der Waals surface area contributed by atoms with Crippen molar-refractivity contribution in [3.8, 4) is 5.75 Å². The van der Waals surface area contributed by atoms with Crippen molar-refractivity contribution < 1.29 is 14.8 Å². The van der Waals surface area contributed by atoms with Crippen LogP contribution in [0.2, 0.25) is 5.02 Å². The molecular formula is C19H22ClIN5O2+. The lowest BCUT2D eigenvalue weighted by molar-refractivity contribution is -0.564. The molecule has 148 valence electrons. The summed E-state index contributed by atoms with van der Waals surface area (Å²) in [5.74, 6) is 1.41. The number of quaternary nitrogens is 1. The topological polar surface area (TPSA) is 86.1 Å². The van der Waals surface area contributed by atoms with Gasteiger partial charge >= 0.3 is 0 Å². The van der Waals surface area contributed by atoms with Crippen molar-refractivity contribution in [1.29, 1.82) is 5.41 Å². The number of nitrogens with one attached hydrogen (secondary N) is 1. The molecule has 0 unspecified atom stereocenters. The summed E-state index contributed by atoms with van der Waals surface area (Å²) >= 11 is 8.27. The van der Waals surface area contributed by atoms with Crippen molar-refractivity contribution in [3.05, 3.63) is 44.6 Å². The molecule has 0 atom stereocenters. The molecule has 0 spiro atoms. The van der Waals surface area contributed by atoms with E-state index in [1.807, 2.05) is 29.2 Å². The van der Waals surface area contributed by atoms with Crippen molar-refractivity contribution >= 4 is 57.8 Å². The zero-order chi connectivity index (χ0) is 20.1. The van der Waals surface area contributed by atoms with Gasteiger partial charge in [0.2, 0.25) is 5.82 Å². The lowest BCUT2D eigenvalue weighted by atomic mass is 10.2. The fourth-order valence-electron chi connectivity index (χ4n) is 3.14. The number of methoxy groups -OCH3 is 1. The highest BCUT2D eigenvalue weighted by molar-refractivity contribution is 14.1. The maximum atomic E-state index is 12.6. The molecule has 1 amide bonds. The number of anilines is 1. The first-order valence-corrected chi connectivity index (χ1v) is 10.3. The Morgan fingerprint density at radius 1 is 1.36 bits per heavy atom. The summed E-state index contributed by atoms with van der Waals surface area (Å²) < 4.78 is 6.24. The molecule has 7 nitrogen and oxygen atoms in total. The van der Waals surface area contributed by atoms with Crippen LogP contribution in [0, 0.1) is 8.98 Å². The van der Waals surface area contributed by atoms with Crippen LogP contribution in [0.5, 0.6) is 5.75 Å². The van der Waals surface area contributed by atoms with Crippen LogP contribution in [-0.4, -0.2) is 61.8 Å². The maximum absolute atomic E-state index is 12.6. The largest absolute Gasteiger partial charge is 0.495 e. The smallest absolute Gasteiger partial charge is 0.278 e. The number of hydrogen-bond acceptors (Lipinski definition) is 5. The monoisotopic (exact) mass is 514 g/mol. The number of nitrogens with two attached hydrogens (primary N) is 1. The van der Waals surface area contributed by atoms with Gasteiger partial charge in [0.15, 0.2) is 6.54 Å². The summed E-state index contributed by atoms with van der Waals surface area (Å²) in [5.41, 5.74) is 1.79. The van der Waals surface area contributed by atoms with Gasteiger partial charge in [0, 0.05) is 53.9 Å². The van der Waals surface area contributed by atoms with Crippen LogP contribution < -0.4 is 15.0 Å². The van der Waals surface area contributed by atoms with Gasteiger partial charge in [-0.3, -0.25) is 10.1 Å². The first-order valence-electron chi connectivity index (χ1n) is 8.88. The minimum Gasteiger partial charge on any atom is -0.495 e. The number of benzene rings is 1. The minimum absolute atomic E-state index is 0.0740. The first kappa shape index (κ1) is 20.8. The summed E-state index contributed by atoms with van der Waals surface area (Å²) in [7, 11) is 1.60. The number of nitrogens with zero attached hydrogens (tertiary/aromatic N) is 3. The molecule has 28 heavy (non-hydrogen) atoms. The number of carbonyl (C=O) groups is 1. The standard InChI is InChI=1S/C19H21ClIN5O2/c1-28-17-10-13(2-3-15(17)20)25-6-8-26(9-7-25)18(27)12-24-19-14(11-22)16(21)4-5-23-19/h2-5,10-11,22H,6-9,12H2,1H3,(H,23,24)/p+1. The third-order valence-electron chi connectivity index (χ3n) is 4.71.